The fraction of sp³-hybridized carbons (Fsp3) is 0.320. The van der Waals surface area contributed by atoms with Gasteiger partial charge in [0.15, 0.2) is 0 Å². The number of fused-ring (bicyclic) bond motifs is 2. The molecule has 4 aromatic rings. The van der Waals surface area contributed by atoms with E-state index in [2.05, 4.69) is 60.8 Å². The van der Waals surface area contributed by atoms with Crippen LogP contribution in [-0.2, 0) is 6.42 Å². The molecule has 1 fully saturated rings. The molecular formula is C25H25NOS. The van der Waals surface area contributed by atoms with Gasteiger partial charge in [0.05, 0.1) is 17.3 Å². The largest absolute Gasteiger partial charge is 0.490 e. The number of thiophene rings is 1. The molecule has 0 radical (unpaired) electrons. The van der Waals surface area contributed by atoms with Crippen LogP contribution in [0.1, 0.15) is 44.6 Å². The molecule has 0 saturated heterocycles. The molecular weight excluding hydrogens is 362 g/mol. The third-order valence-corrected chi connectivity index (χ3v) is 6.85. The second-order valence-electron chi connectivity index (χ2n) is 7.69. The highest BCUT2D eigenvalue weighted by molar-refractivity contribution is 7.17. The zero-order valence-corrected chi connectivity index (χ0v) is 17.1. The predicted octanol–water partition coefficient (Wildman–Crippen LogP) is 7.39. The molecule has 142 valence electrons. The van der Waals surface area contributed by atoms with Gasteiger partial charge in [-0.25, -0.2) is 4.98 Å². The van der Waals surface area contributed by atoms with E-state index in [-0.39, 0.29) is 0 Å². The number of hydrogen-bond donors (Lipinski definition) is 0. The van der Waals surface area contributed by atoms with Crippen molar-refractivity contribution < 1.29 is 4.74 Å². The van der Waals surface area contributed by atoms with Crippen LogP contribution >= 0.6 is 11.3 Å². The summed E-state index contributed by atoms with van der Waals surface area (Å²) in [5.74, 6) is 0.994. The molecule has 1 aliphatic carbocycles. The van der Waals surface area contributed by atoms with Crippen molar-refractivity contribution in [2.75, 3.05) is 0 Å². The number of rotatable bonds is 4. The van der Waals surface area contributed by atoms with Gasteiger partial charge in [0.1, 0.15) is 5.75 Å². The fourth-order valence-electron chi connectivity index (χ4n) is 4.32. The molecule has 1 aliphatic rings. The maximum Gasteiger partial charge on any atom is 0.129 e. The highest BCUT2D eigenvalue weighted by atomic mass is 32.1. The van der Waals surface area contributed by atoms with Crippen molar-refractivity contribution in [3.8, 4) is 17.0 Å². The number of aromatic nitrogens is 1. The van der Waals surface area contributed by atoms with Crippen LogP contribution in [0, 0.1) is 0 Å². The Hall–Kier alpha value is -2.39. The van der Waals surface area contributed by atoms with Crippen molar-refractivity contribution in [3.05, 3.63) is 59.5 Å². The minimum Gasteiger partial charge on any atom is -0.490 e. The molecule has 0 aliphatic heterocycles. The molecule has 2 aromatic heterocycles. The molecule has 0 amide bonds. The summed E-state index contributed by atoms with van der Waals surface area (Å²) in [4.78, 5) is 5.12. The summed E-state index contributed by atoms with van der Waals surface area (Å²) < 4.78 is 7.74. The van der Waals surface area contributed by atoms with E-state index in [4.69, 9.17) is 9.72 Å². The zero-order valence-electron chi connectivity index (χ0n) is 16.3. The average molecular weight is 388 g/mol. The highest BCUT2D eigenvalue weighted by Gasteiger charge is 2.18. The quantitative estimate of drug-likeness (QED) is 0.364. The van der Waals surface area contributed by atoms with Crippen LogP contribution in [0.15, 0.2) is 53.9 Å². The Balaban J connectivity index is 1.60. The van der Waals surface area contributed by atoms with Gasteiger partial charge < -0.3 is 4.74 Å². The van der Waals surface area contributed by atoms with Gasteiger partial charge in [0, 0.05) is 26.4 Å². The van der Waals surface area contributed by atoms with Gasteiger partial charge >= 0.3 is 0 Å². The van der Waals surface area contributed by atoms with Crippen molar-refractivity contribution in [3.63, 3.8) is 0 Å². The van der Waals surface area contributed by atoms with Gasteiger partial charge in [0.25, 0.3) is 0 Å². The standard InChI is InChI=1S/C25H25NOS/c1-2-17-12-15-23(27-18-8-4-3-5-9-18)20-13-14-22(26-25(17)20)21-16-28-24-11-7-6-10-19(21)24/h6-7,10-16,18H,2-5,8-9H2,1H3. The Morgan fingerprint density at radius 2 is 1.82 bits per heavy atom. The maximum absolute atomic E-state index is 6.43. The van der Waals surface area contributed by atoms with Crippen molar-refractivity contribution >= 4 is 32.3 Å². The highest BCUT2D eigenvalue weighted by Crippen LogP contribution is 2.36. The molecule has 5 rings (SSSR count). The van der Waals surface area contributed by atoms with E-state index in [0.29, 0.717) is 6.10 Å². The number of benzene rings is 2. The van der Waals surface area contributed by atoms with E-state index in [1.54, 1.807) is 11.3 Å². The zero-order chi connectivity index (χ0) is 18.9. The molecule has 3 heteroatoms. The molecule has 0 atom stereocenters. The van der Waals surface area contributed by atoms with Crippen molar-refractivity contribution in [2.45, 2.75) is 51.6 Å². The minimum atomic E-state index is 0.352. The van der Waals surface area contributed by atoms with Crippen LogP contribution < -0.4 is 4.74 Å². The summed E-state index contributed by atoms with van der Waals surface area (Å²) in [6, 6.07) is 17.3. The molecule has 0 unspecified atom stereocenters. The van der Waals surface area contributed by atoms with Crippen molar-refractivity contribution in [1.29, 1.82) is 0 Å². The van der Waals surface area contributed by atoms with Crippen LogP contribution in [0.25, 0.3) is 32.2 Å². The number of aryl methyl sites for hydroxylation is 1. The van der Waals surface area contributed by atoms with Crippen LogP contribution in [0.2, 0.25) is 0 Å². The molecule has 2 aromatic carbocycles. The van der Waals surface area contributed by atoms with E-state index in [9.17, 15) is 0 Å². The summed E-state index contributed by atoms with van der Waals surface area (Å²) in [7, 11) is 0. The van der Waals surface area contributed by atoms with Crippen molar-refractivity contribution in [1.82, 2.24) is 4.98 Å². The third kappa shape index (κ3) is 3.18. The molecule has 0 spiro atoms. The van der Waals surface area contributed by atoms with Crippen LogP contribution in [0.4, 0.5) is 0 Å². The van der Waals surface area contributed by atoms with Crippen LogP contribution in [0.3, 0.4) is 0 Å². The second kappa shape index (κ2) is 7.56. The normalized spacial score (nSPS) is 15.3. The van der Waals surface area contributed by atoms with Gasteiger partial charge in [-0.3, -0.25) is 0 Å². The first-order valence-corrected chi connectivity index (χ1v) is 11.3. The molecule has 2 nitrogen and oxygen atoms in total. The van der Waals surface area contributed by atoms with Gasteiger partial charge in [-0.15, -0.1) is 11.3 Å². The molecule has 0 bridgehead atoms. The SMILES string of the molecule is CCc1ccc(OC2CCCCC2)c2ccc(-c3csc4ccccc34)nc12. The average Bonchev–Trinajstić information content (AvgIpc) is 3.18. The van der Waals surface area contributed by atoms with Gasteiger partial charge in [-0.1, -0.05) is 37.6 Å². The Labute approximate surface area is 170 Å². The van der Waals surface area contributed by atoms with E-state index >= 15 is 0 Å². The lowest BCUT2D eigenvalue weighted by Gasteiger charge is -2.24. The first kappa shape index (κ1) is 17.7. The van der Waals surface area contributed by atoms with E-state index < -0.39 is 0 Å². The minimum absolute atomic E-state index is 0.352. The molecule has 1 saturated carbocycles. The molecule has 2 heterocycles. The summed E-state index contributed by atoms with van der Waals surface area (Å²) in [5, 5.41) is 4.66. The Morgan fingerprint density at radius 1 is 0.964 bits per heavy atom. The summed E-state index contributed by atoms with van der Waals surface area (Å²) in [5.41, 5.74) is 4.65. The van der Waals surface area contributed by atoms with E-state index in [0.717, 1.165) is 28.8 Å². The number of pyridine rings is 1. The lowest BCUT2D eigenvalue weighted by molar-refractivity contribution is 0.157. The summed E-state index contributed by atoms with van der Waals surface area (Å²) >= 11 is 1.79. The molecule has 0 N–H and O–H groups in total. The van der Waals surface area contributed by atoms with Gasteiger partial charge in [0.2, 0.25) is 0 Å². The van der Waals surface area contributed by atoms with Gasteiger partial charge in [-0.05, 0) is 61.9 Å². The number of nitrogens with zero attached hydrogens (tertiary/aromatic N) is 1. The lowest BCUT2D eigenvalue weighted by atomic mass is 9.97. The Morgan fingerprint density at radius 3 is 2.68 bits per heavy atom. The second-order valence-corrected chi connectivity index (χ2v) is 8.60. The van der Waals surface area contributed by atoms with Gasteiger partial charge in [-0.2, -0.15) is 0 Å². The van der Waals surface area contributed by atoms with E-state index in [1.807, 2.05) is 0 Å². The predicted molar refractivity (Wildman–Crippen MR) is 119 cm³/mol. The molecule has 28 heavy (non-hydrogen) atoms. The maximum atomic E-state index is 6.43. The first-order valence-electron chi connectivity index (χ1n) is 10.4. The summed E-state index contributed by atoms with van der Waals surface area (Å²) in [6.45, 7) is 2.20. The smallest absolute Gasteiger partial charge is 0.129 e. The Kier molecular flexibility index (Phi) is 4.77. The number of hydrogen-bond acceptors (Lipinski definition) is 3. The topological polar surface area (TPSA) is 22.1 Å². The van der Waals surface area contributed by atoms with Crippen LogP contribution in [0.5, 0.6) is 5.75 Å². The lowest BCUT2D eigenvalue weighted by Crippen LogP contribution is -2.19. The fourth-order valence-corrected chi connectivity index (χ4v) is 5.28. The Bertz CT molecular complexity index is 1120. The first-order chi connectivity index (χ1) is 13.8. The van der Waals surface area contributed by atoms with E-state index in [1.165, 1.54) is 53.3 Å². The monoisotopic (exact) mass is 387 g/mol. The third-order valence-electron chi connectivity index (χ3n) is 5.88. The number of ether oxygens (including phenoxy) is 1. The van der Waals surface area contributed by atoms with Crippen molar-refractivity contribution in [2.24, 2.45) is 0 Å². The van der Waals surface area contributed by atoms with Crippen LogP contribution in [-0.4, -0.2) is 11.1 Å². The summed E-state index contributed by atoms with van der Waals surface area (Å²) in [6.07, 6.45) is 7.57.